The van der Waals surface area contributed by atoms with Gasteiger partial charge < -0.3 is 0 Å². The molecule has 3 heteroatoms. The molecule has 0 unspecified atom stereocenters. The Morgan fingerprint density at radius 1 is 0.917 bits per heavy atom. The van der Waals surface area contributed by atoms with E-state index in [4.69, 9.17) is 0 Å². The van der Waals surface area contributed by atoms with Crippen molar-refractivity contribution in [1.29, 1.82) is 0 Å². The van der Waals surface area contributed by atoms with Gasteiger partial charge in [0.15, 0.2) is 12.7 Å². The molecule has 0 aliphatic heterocycles. The van der Waals surface area contributed by atoms with Crippen LogP contribution < -0.4 is 4.57 Å². The van der Waals surface area contributed by atoms with Gasteiger partial charge in [-0.3, -0.25) is 4.98 Å². The van der Waals surface area contributed by atoms with Crippen molar-refractivity contribution in [2.45, 2.75) is 6.54 Å². The highest BCUT2D eigenvalue weighted by molar-refractivity contribution is 6.11. The van der Waals surface area contributed by atoms with E-state index in [-0.39, 0.29) is 5.82 Å². The zero-order valence-corrected chi connectivity index (χ0v) is 12.9. The second-order valence-corrected chi connectivity index (χ2v) is 6.09. The van der Waals surface area contributed by atoms with Crippen LogP contribution in [-0.2, 0) is 6.54 Å². The zero-order valence-electron chi connectivity index (χ0n) is 12.9. The number of pyridine rings is 2. The highest BCUT2D eigenvalue weighted by Gasteiger charge is 2.31. The fourth-order valence-electron chi connectivity index (χ4n) is 3.58. The Labute approximate surface area is 138 Å². The average molecular weight is 313 g/mol. The molecule has 0 spiro atoms. The molecule has 2 heterocycles. The van der Waals surface area contributed by atoms with Gasteiger partial charge in [-0.2, -0.15) is 4.57 Å². The van der Waals surface area contributed by atoms with E-state index < -0.39 is 0 Å². The van der Waals surface area contributed by atoms with Gasteiger partial charge in [0, 0.05) is 23.4 Å². The van der Waals surface area contributed by atoms with Gasteiger partial charge in [-0.15, -0.1) is 0 Å². The number of nitrogens with zero attached hydrogens (tertiary/aromatic N) is 2. The molecule has 0 bridgehead atoms. The molecule has 2 aromatic heterocycles. The molecule has 0 fully saturated rings. The summed E-state index contributed by atoms with van der Waals surface area (Å²) in [5.74, 6) is -0.218. The maximum Gasteiger partial charge on any atom is 0.223 e. The van der Waals surface area contributed by atoms with Crippen LogP contribution in [0.2, 0.25) is 0 Å². The third-order valence-corrected chi connectivity index (χ3v) is 4.63. The summed E-state index contributed by atoms with van der Waals surface area (Å²) in [6, 6.07) is 19.4. The Morgan fingerprint density at radius 3 is 2.67 bits per heavy atom. The van der Waals surface area contributed by atoms with E-state index >= 15 is 0 Å². The highest BCUT2D eigenvalue weighted by Crippen LogP contribution is 2.44. The van der Waals surface area contributed by atoms with E-state index in [0.717, 1.165) is 39.8 Å². The number of hydrogen-bond donors (Lipinski definition) is 0. The fraction of sp³-hybridized carbons (Fsp3) is 0.0476. The number of halogens is 1. The summed E-state index contributed by atoms with van der Waals surface area (Å²) in [5.41, 5.74) is 5.14. The predicted molar refractivity (Wildman–Crippen MR) is 91.9 cm³/mol. The molecule has 2 nitrogen and oxygen atoms in total. The lowest BCUT2D eigenvalue weighted by Crippen LogP contribution is -2.36. The van der Waals surface area contributed by atoms with Crippen molar-refractivity contribution in [3.05, 3.63) is 84.4 Å². The van der Waals surface area contributed by atoms with Crippen molar-refractivity contribution >= 4 is 10.8 Å². The number of rotatable bonds is 2. The third-order valence-electron chi connectivity index (χ3n) is 4.63. The summed E-state index contributed by atoms with van der Waals surface area (Å²) in [6.45, 7) is 0.746. The lowest BCUT2D eigenvalue weighted by molar-refractivity contribution is -0.676. The van der Waals surface area contributed by atoms with Crippen LogP contribution in [0.3, 0.4) is 0 Å². The first-order chi connectivity index (χ1) is 11.8. The molecule has 5 rings (SSSR count). The summed E-state index contributed by atoms with van der Waals surface area (Å²) in [4.78, 5) is 4.56. The topological polar surface area (TPSA) is 16.8 Å². The molecule has 0 amide bonds. The summed E-state index contributed by atoms with van der Waals surface area (Å²) in [7, 11) is 0. The van der Waals surface area contributed by atoms with Crippen molar-refractivity contribution in [1.82, 2.24) is 4.98 Å². The number of benzene rings is 2. The Kier molecular flexibility index (Phi) is 2.77. The van der Waals surface area contributed by atoms with Crippen molar-refractivity contribution in [3.8, 4) is 22.5 Å². The van der Waals surface area contributed by atoms with Gasteiger partial charge in [-0.25, -0.2) is 4.39 Å². The molecule has 1 aliphatic carbocycles. The lowest BCUT2D eigenvalue weighted by Gasteiger charge is -2.05. The normalized spacial score (nSPS) is 11.7. The molecule has 0 atom stereocenters. The second-order valence-electron chi connectivity index (χ2n) is 6.09. The smallest absolute Gasteiger partial charge is 0.223 e. The van der Waals surface area contributed by atoms with Crippen LogP contribution in [0.4, 0.5) is 4.39 Å². The molecular weight excluding hydrogens is 299 g/mol. The van der Waals surface area contributed by atoms with Crippen molar-refractivity contribution in [3.63, 3.8) is 0 Å². The van der Waals surface area contributed by atoms with E-state index in [1.165, 1.54) is 11.6 Å². The monoisotopic (exact) mass is 313 g/mol. The van der Waals surface area contributed by atoms with Gasteiger partial charge in [0.25, 0.3) is 0 Å². The van der Waals surface area contributed by atoms with Gasteiger partial charge in [-0.05, 0) is 29.7 Å². The van der Waals surface area contributed by atoms with Crippen LogP contribution in [-0.4, -0.2) is 4.98 Å². The molecule has 2 aromatic carbocycles. The van der Waals surface area contributed by atoms with Crippen LogP contribution in [0.15, 0.2) is 73.1 Å². The van der Waals surface area contributed by atoms with Crippen molar-refractivity contribution in [2.24, 2.45) is 0 Å². The second kappa shape index (κ2) is 4.96. The quantitative estimate of drug-likeness (QED) is 0.443. The van der Waals surface area contributed by atoms with Gasteiger partial charge in [0.05, 0.1) is 16.6 Å². The maximum absolute atomic E-state index is 13.9. The Hall–Kier alpha value is -3.07. The number of hydrogen-bond acceptors (Lipinski definition) is 1. The minimum Gasteiger partial charge on any atom is -0.255 e. The van der Waals surface area contributed by atoms with E-state index in [0.29, 0.717) is 0 Å². The summed E-state index contributed by atoms with van der Waals surface area (Å²) in [6.07, 6.45) is 3.90. The molecule has 24 heavy (non-hydrogen) atoms. The van der Waals surface area contributed by atoms with Crippen LogP contribution in [0.25, 0.3) is 33.3 Å². The van der Waals surface area contributed by atoms with Crippen LogP contribution in [0, 0.1) is 5.82 Å². The number of fused-ring (bicyclic) bond motifs is 3. The van der Waals surface area contributed by atoms with E-state index in [2.05, 4.69) is 33.9 Å². The van der Waals surface area contributed by atoms with Crippen molar-refractivity contribution < 1.29 is 8.96 Å². The molecule has 0 N–H and O–H groups in total. The van der Waals surface area contributed by atoms with Crippen molar-refractivity contribution in [2.75, 3.05) is 0 Å². The molecule has 114 valence electrons. The molecule has 0 saturated heterocycles. The van der Waals surface area contributed by atoms with E-state index in [9.17, 15) is 4.39 Å². The average Bonchev–Trinajstić information content (AvgIpc) is 2.94. The minimum absolute atomic E-state index is 0.218. The molecule has 1 aliphatic rings. The van der Waals surface area contributed by atoms with Gasteiger partial charge >= 0.3 is 0 Å². The Morgan fingerprint density at radius 2 is 1.79 bits per heavy atom. The Balaban J connectivity index is 1.81. The van der Waals surface area contributed by atoms with E-state index in [1.807, 2.05) is 36.5 Å². The SMILES string of the molecule is Fc1ccc2c(c1)-c1c3c-2nccc3cc[n+]1Cc1ccccc1. The van der Waals surface area contributed by atoms with Crippen LogP contribution >= 0.6 is 0 Å². The third kappa shape index (κ3) is 1.88. The van der Waals surface area contributed by atoms with Crippen LogP contribution in [0.1, 0.15) is 5.56 Å². The zero-order chi connectivity index (χ0) is 16.1. The summed E-state index contributed by atoms with van der Waals surface area (Å²) in [5, 5.41) is 2.24. The molecular formula is C21H14FN2+. The fourth-order valence-corrected chi connectivity index (χ4v) is 3.58. The molecule has 0 saturated carbocycles. The summed E-state index contributed by atoms with van der Waals surface area (Å²) >= 11 is 0. The highest BCUT2D eigenvalue weighted by atomic mass is 19.1. The lowest BCUT2D eigenvalue weighted by atomic mass is 10.1. The standard InChI is InChI=1S/C21H14FN2/c22-16-6-7-17-18(12-16)21-19-15(8-10-23-20(17)19)9-11-24(21)13-14-4-2-1-3-5-14/h1-12H,13H2/q+1. The van der Waals surface area contributed by atoms with Gasteiger partial charge in [0.1, 0.15) is 5.82 Å². The summed E-state index contributed by atoms with van der Waals surface area (Å²) < 4.78 is 16.1. The molecule has 4 aromatic rings. The first-order valence-corrected chi connectivity index (χ1v) is 7.97. The Bertz CT molecular complexity index is 1090. The minimum atomic E-state index is -0.218. The molecule has 0 radical (unpaired) electrons. The van der Waals surface area contributed by atoms with Crippen LogP contribution in [0.5, 0.6) is 0 Å². The number of aromatic nitrogens is 2. The largest absolute Gasteiger partial charge is 0.255 e. The maximum atomic E-state index is 13.9. The van der Waals surface area contributed by atoms with Gasteiger partial charge in [0.2, 0.25) is 5.69 Å². The van der Waals surface area contributed by atoms with Gasteiger partial charge in [-0.1, -0.05) is 30.3 Å². The first-order valence-electron chi connectivity index (χ1n) is 7.97. The predicted octanol–water partition coefficient (Wildman–Crippen LogP) is 4.36. The van der Waals surface area contributed by atoms with E-state index in [1.54, 1.807) is 6.07 Å². The first kappa shape index (κ1) is 13.4.